The Morgan fingerprint density at radius 1 is 1.31 bits per heavy atom. The zero-order valence-electron chi connectivity index (χ0n) is 15.0. The number of allylic oxidation sites excluding steroid dienone is 1. The molecule has 1 aliphatic heterocycles. The number of hydrogen-bond donors (Lipinski definition) is 1. The minimum Gasteiger partial charge on any atom is -0.460 e. The zero-order chi connectivity index (χ0) is 19.3. The van der Waals surface area contributed by atoms with Gasteiger partial charge in [-0.25, -0.2) is 13.6 Å². The third-order valence-corrected chi connectivity index (χ3v) is 4.40. The van der Waals surface area contributed by atoms with Crippen molar-refractivity contribution in [1.82, 2.24) is 10.2 Å². The van der Waals surface area contributed by atoms with Crippen LogP contribution in [0.2, 0.25) is 0 Å². The van der Waals surface area contributed by atoms with Crippen molar-refractivity contribution in [3.05, 3.63) is 46.7 Å². The summed E-state index contributed by atoms with van der Waals surface area (Å²) >= 11 is 5.39. The molecule has 1 aromatic rings. The molecule has 0 spiro atoms. The molecule has 8 heteroatoms. The molecule has 2 rings (SSSR count). The number of ether oxygens (including phenoxy) is 2. The van der Waals surface area contributed by atoms with E-state index in [-0.39, 0.29) is 13.2 Å². The number of carbonyl (C=O) groups excluding carboxylic acids is 1. The first kappa shape index (κ1) is 20.3. The summed E-state index contributed by atoms with van der Waals surface area (Å²) in [6.45, 7) is 4.74. The molecule has 142 valence electrons. The van der Waals surface area contributed by atoms with Crippen molar-refractivity contribution in [2.45, 2.75) is 26.3 Å². The predicted octanol–water partition coefficient (Wildman–Crippen LogP) is 3.07. The minimum atomic E-state index is -0.990. The fourth-order valence-corrected chi connectivity index (χ4v) is 3.12. The zero-order valence-corrected chi connectivity index (χ0v) is 15.8. The number of thiocarbonyl (C=S) groups is 1. The van der Waals surface area contributed by atoms with E-state index in [9.17, 15) is 13.6 Å². The van der Waals surface area contributed by atoms with Crippen LogP contribution in [0.1, 0.15) is 31.9 Å². The molecule has 1 N–H and O–H groups in total. The lowest BCUT2D eigenvalue weighted by molar-refractivity contribution is -0.140. The van der Waals surface area contributed by atoms with Gasteiger partial charge in [-0.2, -0.15) is 0 Å². The standard InChI is InChI=1S/C18H22F2N2O3S/c1-4-7-22-11(2)15(17(23)25-9-8-24-3)16(21-18(22)26)12-5-6-13(19)14(20)10-12/h5-6,10,16H,4,7-9H2,1-3H3,(H,21,26)/t16-/m1/s1. The molecule has 0 bridgehead atoms. The van der Waals surface area contributed by atoms with Gasteiger partial charge in [0.1, 0.15) is 6.61 Å². The fourth-order valence-electron chi connectivity index (χ4n) is 2.78. The van der Waals surface area contributed by atoms with Gasteiger partial charge in [-0.1, -0.05) is 13.0 Å². The van der Waals surface area contributed by atoms with Gasteiger partial charge in [0.15, 0.2) is 16.7 Å². The van der Waals surface area contributed by atoms with Crippen molar-refractivity contribution in [1.29, 1.82) is 0 Å². The van der Waals surface area contributed by atoms with Crippen LogP contribution in [0, 0.1) is 11.6 Å². The van der Waals surface area contributed by atoms with Crippen LogP contribution in [0.5, 0.6) is 0 Å². The highest BCUT2D eigenvalue weighted by Crippen LogP contribution is 2.32. The Balaban J connectivity index is 2.44. The van der Waals surface area contributed by atoms with Crippen LogP contribution >= 0.6 is 12.2 Å². The molecular formula is C18H22F2N2O3S. The smallest absolute Gasteiger partial charge is 0.338 e. The van der Waals surface area contributed by atoms with Gasteiger partial charge in [0.25, 0.3) is 0 Å². The Labute approximate surface area is 157 Å². The van der Waals surface area contributed by atoms with E-state index >= 15 is 0 Å². The van der Waals surface area contributed by atoms with Crippen LogP contribution in [0.4, 0.5) is 8.78 Å². The molecule has 0 saturated carbocycles. The number of nitrogens with zero attached hydrogens (tertiary/aromatic N) is 1. The molecule has 0 aliphatic carbocycles. The lowest BCUT2D eigenvalue weighted by atomic mass is 9.94. The van der Waals surface area contributed by atoms with Crippen LogP contribution in [0.3, 0.4) is 0 Å². The van der Waals surface area contributed by atoms with Gasteiger partial charge in [-0.3, -0.25) is 0 Å². The van der Waals surface area contributed by atoms with Crippen molar-refractivity contribution < 1.29 is 23.0 Å². The highest BCUT2D eigenvalue weighted by atomic mass is 32.1. The van der Waals surface area contributed by atoms with E-state index in [1.165, 1.54) is 13.2 Å². The van der Waals surface area contributed by atoms with Crippen LogP contribution in [0.25, 0.3) is 0 Å². The normalized spacial score (nSPS) is 17.3. The molecule has 1 aliphatic rings. The number of rotatable bonds is 7. The SMILES string of the molecule is CCCN1C(=S)N[C@H](c2ccc(F)c(F)c2)C(C(=O)OCCOC)=C1C. The molecule has 0 aromatic heterocycles. The molecule has 0 radical (unpaired) electrons. The van der Waals surface area contributed by atoms with Crippen molar-refractivity contribution in [3.8, 4) is 0 Å². The van der Waals surface area contributed by atoms with E-state index < -0.39 is 23.6 Å². The van der Waals surface area contributed by atoms with E-state index in [0.717, 1.165) is 18.6 Å². The highest BCUT2D eigenvalue weighted by Gasteiger charge is 2.34. The van der Waals surface area contributed by atoms with Gasteiger partial charge in [0.05, 0.1) is 18.2 Å². The number of methoxy groups -OCH3 is 1. The molecular weight excluding hydrogens is 362 g/mol. The average Bonchev–Trinajstić information content (AvgIpc) is 2.60. The lowest BCUT2D eigenvalue weighted by Crippen LogP contribution is -2.48. The Hall–Kier alpha value is -2.06. The van der Waals surface area contributed by atoms with E-state index in [4.69, 9.17) is 21.7 Å². The summed E-state index contributed by atoms with van der Waals surface area (Å²) in [5.41, 5.74) is 1.34. The first-order chi connectivity index (χ1) is 12.4. The highest BCUT2D eigenvalue weighted by molar-refractivity contribution is 7.80. The second kappa shape index (κ2) is 9.05. The average molecular weight is 384 g/mol. The van der Waals surface area contributed by atoms with Crippen LogP contribution < -0.4 is 5.32 Å². The van der Waals surface area contributed by atoms with Crippen molar-refractivity contribution in [3.63, 3.8) is 0 Å². The van der Waals surface area contributed by atoms with Crippen molar-refractivity contribution in [2.75, 3.05) is 26.9 Å². The van der Waals surface area contributed by atoms with Crippen LogP contribution in [-0.4, -0.2) is 42.8 Å². The Morgan fingerprint density at radius 3 is 2.65 bits per heavy atom. The Kier molecular flexibility index (Phi) is 7.05. The summed E-state index contributed by atoms with van der Waals surface area (Å²) in [5.74, 6) is -2.49. The van der Waals surface area contributed by atoms with Gasteiger partial charge in [0.2, 0.25) is 0 Å². The Bertz CT molecular complexity index is 724. The molecule has 0 saturated heterocycles. The lowest BCUT2D eigenvalue weighted by Gasteiger charge is -2.37. The second-order valence-electron chi connectivity index (χ2n) is 5.84. The first-order valence-corrected chi connectivity index (χ1v) is 8.71. The summed E-state index contributed by atoms with van der Waals surface area (Å²) in [6.07, 6.45) is 0.820. The third kappa shape index (κ3) is 4.37. The van der Waals surface area contributed by atoms with Crippen LogP contribution in [0.15, 0.2) is 29.5 Å². The molecule has 0 amide bonds. The van der Waals surface area contributed by atoms with Crippen molar-refractivity contribution in [2.24, 2.45) is 0 Å². The molecule has 1 atom stereocenters. The summed E-state index contributed by atoms with van der Waals surface area (Å²) < 4.78 is 37.2. The third-order valence-electron chi connectivity index (χ3n) is 4.06. The molecule has 0 fully saturated rings. The van der Waals surface area contributed by atoms with E-state index in [1.54, 1.807) is 11.8 Å². The number of hydrogen-bond acceptors (Lipinski definition) is 4. The number of esters is 1. The second-order valence-corrected chi connectivity index (χ2v) is 6.22. The van der Waals surface area contributed by atoms with E-state index in [2.05, 4.69) is 5.32 Å². The number of benzene rings is 1. The number of carbonyl (C=O) groups is 1. The van der Waals surface area contributed by atoms with Crippen molar-refractivity contribution >= 4 is 23.3 Å². The monoisotopic (exact) mass is 384 g/mol. The maximum atomic E-state index is 13.7. The maximum Gasteiger partial charge on any atom is 0.338 e. The largest absolute Gasteiger partial charge is 0.460 e. The molecule has 0 unspecified atom stereocenters. The van der Waals surface area contributed by atoms with E-state index in [1.807, 2.05) is 6.92 Å². The van der Waals surface area contributed by atoms with E-state index in [0.29, 0.717) is 28.5 Å². The quantitative estimate of drug-likeness (QED) is 0.443. The summed E-state index contributed by atoms with van der Waals surface area (Å²) in [4.78, 5) is 14.5. The van der Waals surface area contributed by atoms with Gasteiger partial charge < -0.3 is 19.7 Å². The summed E-state index contributed by atoms with van der Waals surface area (Å²) in [5, 5.41) is 3.47. The van der Waals surface area contributed by atoms with Gasteiger partial charge in [-0.05, 0) is 43.3 Å². The van der Waals surface area contributed by atoms with Gasteiger partial charge >= 0.3 is 5.97 Å². The number of halogens is 2. The molecule has 1 aromatic carbocycles. The molecule has 1 heterocycles. The van der Waals surface area contributed by atoms with Crippen LogP contribution in [-0.2, 0) is 14.3 Å². The topological polar surface area (TPSA) is 50.8 Å². The van der Waals surface area contributed by atoms with Gasteiger partial charge in [-0.15, -0.1) is 0 Å². The Morgan fingerprint density at radius 2 is 2.04 bits per heavy atom. The molecule has 5 nitrogen and oxygen atoms in total. The minimum absolute atomic E-state index is 0.0921. The van der Waals surface area contributed by atoms with Gasteiger partial charge in [0, 0.05) is 19.4 Å². The number of nitrogens with one attached hydrogen (secondary N) is 1. The first-order valence-electron chi connectivity index (χ1n) is 8.30. The summed E-state index contributed by atoms with van der Waals surface area (Å²) in [6, 6.07) is 2.78. The summed E-state index contributed by atoms with van der Waals surface area (Å²) in [7, 11) is 1.51. The predicted molar refractivity (Wildman–Crippen MR) is 97.4 cm³/mol. The fraction of sp³-hybridized carbons (Fsp3) is 0.444. The maximum absolute atomic E-state index is 13.7. The molecule has 26 heavy (non-hydrogen) atoms.